The van der Waals surface area contributed by atoms with E-state index >= 15 is 0 Å². The molecular weight excluding hydrogens is 511 g/mol. The molecule has 0 saturated carbocycles. The molecule has 2 N–H and O–H groups in total. The van der Waals surface area contributed by atoms with E-state index in [-0.39, 0.29) is 16.7 Å². The van der Waals surface area contributed by atoms with Crippen molar-refractivity contribution in [3.63, 3.8) is 0 Å². The Morgan fingerprint density at radius 3 is 2.09 bits per heavy atom. The Hall–Kier alpha value is -2.41. The van der Waals surface area contributed by atoms with Crippen LogP contribution in [0.4, 0.5) is 13.2 Å². The number of aliphatic carboxylic acids is 1. The normalized spacial score (nSPS) is 18.1. The Morgan fingerprint density at radius 1 is 0.971 bits per heavy atom. The maximum Gasteiger partial charge on any atom is 0.490 e. The van der Waals surface area contributed by atoms with Gasteiger partial charge in [0.25, 0.3) is 0 Å². The first-order valence-corrected chi connectivity index (χ1v) is 12.7. The molecule has 2 aromatic rings. The summed E-state index contributed by atoms with van der Waals surface area (Å²) in [4.78, 5) is 23.7. The number of carbonyl (C=O) groups excluding carboxylic acids is 1. The molecule has 0 unspecified atom stereocenters. The number of hydrogen-bond donors (Lipinski definition) is 2. The zero-order chi connectivity index (χ0) is 25.8. The van der Waals surface area contributed by atoms with Gasteiger partial charge in [0.15, 0.2) is 0 Å². The number of piperidine rings is 1. The molecule has 0 atom stereocenters. The summed E-state index contributed by atoms with van der Waals surface area (Å²) in [6, 6.07) is 10.5. The molecule has 35 heavy (non-hydrogen) atoms. The highest BCUT2D eigenvalue weighted by molar-refractivity contribution is 7.89. The van der Waals surface area contributed by atoms with Crippen LogP contribution in [0.3, 0.4) is 0 Å². The van der Waals surface area contributed by atoms with E-state index in [1.165, 1.54) is 4.31 Å². The summed E-state index contributed by atoms with van der Waals surface area (Å²) in [7, 11) is -3.59. The second-order valence-corrected chi connectivity index (χ2v) is 10.6. The Morgan fingerprint density at radius 2 is 1.51 bits per heavy atom. The van der Waals surface area contributed by atoms with Gasteiger partial charge in [0, 0.05) is 37.1 Å². The number of fused-ring (bicyclic) bond motifs is 1. The molecule has 8 nitrogen and oxygen atoms in total. The fourth-order valence-electron chi connectivity index (χ4n) is 3.98. The number of nitrogens with one attached hydrogen (secondary N) is 1. The molecule has 2 aliphatic heterocycles. The smallest absolute Gasteiger partial charge is 0.475 e. The van der Waals surface area contributed by atoms with Gasteiger partial charge in [-0.2, -0.15) is 17.5 Å². The number of benzene rings is 2. The molecular formula is C22H25ClF3N3O5S. The molecule has 2 heterocycles. The van der Waals surface area contributed by atoms with E-state index in [2.05, 4.69) is 5.32 Å². The van der Waals surface area contributed by atoms with Gasteiger partial charge >= 0.3 is 12.1 Å². The van der Waals surface area contributed by atoms with E-state index in [1.807, 2.05) is 17.0 Å². The van der Waals surface area contributed by atoms with Crippen LogP contribution >= 0.6 is 11.6 Å². The number of hydrogen-bond acceptors (Lipinski definition) is 5. The number of amides is 1. The Bertz CT molecular complexity index is 1180. The molecule has 0 aliphatic carbocycles. The maximum absolute atomic E-state index is 13.1. The SMILES string of the molecule is O=C(C1CCNCC1)N1CCN(S(=O)(=O)c2ccc3cc(Cl)ccc3c2)CC1.O=C(O)C(F)(F)F. The van der Waals surface area contributed by atoms with Gasteiger partial charge in [-0.15, -0.1) is 0 Å². The average Bonchev–Trinajstić information content (AvgIpc) is 2.83. The lowest BCUT2D eigenvalue weighted by Gasteiger charge is -2.36. The first kappa shape index (κ1) is 27.2. The van der Waals surface area contributed by atoms with E-state index < -0.39 is 22.2 Å². The molecule has 0 spiro atoms. The first-order valence-electron chi connectivity index (χ1n) is 10.9. The third-order valence-corrected chi connectivity index (χ3v) is 8.02. The summed E-state index contributed by atoms with van der Waals surface area (Å²) in [6.07, 6.45) is -3.36. The van der Waals surface area contributed by atoms with E-state index in [4.69, 9.17) is 21.5 Å². The number of nitrogens with zero attached hydrogens (tertiary/aromatic N) is 2. The van der Waals surface area contributed by atoms with Gasteiger partial charge in [-0.3, -0.25) is 4.79 Å². The number of carboxylic acid groups (broad SMARTS) is 1. The van der Waals surface area contributed by atoms with Crippen molar-refractivity contribution < 1.29 is 36.3 Å². The predicted octanol–water partition coefficient (Wildman–Crippen LogP) is 2.96. The van der Waals surface area contributed by atoms with Gasteiger partial charge in [-0.25, -0.2) is 13.2 Å². The van der Waals surface area contributed by atoms with Crippen molar-refractivity contribution >= 4 is 44.3 Å². The molecule has 1 amide bonds. The quantitative estimate of drug-likeness (QED) is 0.626. The van der Waals surface area contributed by atoms with Crippen molar-refractivity contribution in [2.45, 2.75) is 23.9 Å². The van der Waals surface area contributed by atoms with Gasteiger partial charge in [0.2, 0.25) is 15.9 Å². The van der Waals surface area contributed by atoms with Crippen LogP contribution in [0.25, 0.3) is 10.8 Å². The molecule has 0 aromatic heterocycles. The van der Waals surface area contributed by atoms with Gasteiger partial charge in [-0.05, 0) is 61.0 Å². The Labute approximate surface area is 205 Å². The monoisotopic (exact) mass is 535 g/mol. The number of carbonyl (C=O) groups is 2. The van der Waals surface area contributed by atoms with Gasteiger partial charge in [0.05, 0.1) is 4.90 Å². The fraction of sp³-hybridized carbons (Fsp3) is 0.455. The van der Waals surface area contributed by atoms with Crippen LogP contribution in [0.1, 0.15) is 12.8 Å². The van der Waals surface area contributed by atoms with Crippen molar-refractivity contribution in [2.75, 3.05) is 39.3 Å². The topological polar surface area (TPSA) is 107 Å². The highest BCUT2D eigenvalue weighted by atomic mass is 35.5. The number of sulfonamides is 1. The number of halogens is 4. The van der Waals surface area contributed by atoms with Crippen molar-refractivity contribution in [1.82, 2.24) is 14.5 Å². The number of alkyl halides is 3. The molecule has 13 heteroatoms. The van der Waals surface area contributed by atoms with Crippen LogP contribution in [-0.4, -0.2) is 80.1 Å². The zero-order valence-electron chi connectivity index (χ0n) is 18.6. The second kappa shape index (κ2) is 11.1. The van der Waals surface area contributed by atoms with Crippen molar-refractivity contribution in [3.8, 4) is 0 Å². The van der Waals surface area contributed by atoms with Crippen LogP contribution in [-0.2, 0) is 19.6 Å². The third-order valence-electron chi connectivity index (χ3n) is 5.89. The number of rotatable bonds is 3. The van der Waals surface area contributed by atoms with Gasteiger partial charge < -0.3 is 15.3 Å². The molecule has 4 rings (SSSR count). The largest absolute Gasteiger partial charge is 0.490 e. The molecule has 192 valence electrons. The second-order valence-electron chi connectivity index (χ2n) is 8.21. The molecule has 0 bridgehead atoms. The lowest BCUT2D eigenvalue weighted by Crippen LogP contribution is -2.52. The number of carboxylic acids is 1. The third kappa shape index (κ3) is 6.84. The van der Waals surface area contributed by atoms with E-state index in [1.54, 1.807) is 24.3 Å². The van der Waals surface area contributed by atoms with Crippen LogP contribution < -0.4 is 5.32 Å². The van der Waals surface area contributed by atoms with Crippen LogP contribution in [0, 0.1) is 5.92 Å². The van der Waals surface area contributed by atoms with Crippen LogP contribution in [0.2, 0.25) is 5.02 Å². The maximum atomic E-state index is 13.1. The Kier molecular flexibility index (Phi) is 8.63. The summed E-state index contributed by atoms with van der Waals surface area (Å²) < 4.78 is 59.3. The summed E-state index contributed by atoms with van der Waals surface area (Å²) in [5.74, 6) is -2.52. The standard InChI is InChI=1S/C20H24ClN3O3S.C2HF3O2/c21-18-3-1-17-14-19(4-2-16(17)13-18)28(26,27)24-11-9-23(10-12-24)20(25)15-5-7-22-8-6-15;3-2(4,5)1(6)7/h1-4,13-15,22H,5-12H2;(H,6,7). The van der Waals surface area contributed by atoms with Crippen molar-refractivity contribution in [3.05, 3.63) is 41.4 Å². The lowest BCUT2D eigenvalue weighted by molar-refractivity contribution is -0.192. The summed E-state index contributed by atoms with van der Waals surface area (Å²) >= 11 is 6.00. The minimum absolute atomic E-state index is 0.0664. The van der Waals surface area contributed by atoms with Gasteiger partial charge in [0.1, 0.15) is 0 Å². The summed E-state index contributed by atoms with van der Waals surface area (Å²) in [5, 5.41) is 12.8. The summed E-state index contributed by atoms with van der Waals surface area (Å²) in [6.45, 7) is 3.31. The minimum Gasteiger partial charge on any atom is -0.475 e. The highest BCUT2D eigenvalue weighted by Crippen LogP contribution is 2.25. The zero-order valence-corrected chi connectivity index (χ0v) is 20.2. The number of piperazine rings is 1. The fourth-order valence-corrected chi connectivity index (χ4v) is 5.62. The van der Waals surface area contributed by atoms with E-state index in [9.17, 15) is 26.4 Å². The molecule has 2 saturated heterocycles. The van der Waals surface area contributed by atoms with Crippen LogP contribution in [0.15, 0.2) is 41.3 Å². The molecule has 0 radical (unpaired) electrons. The average molecular weight is 536 g/mol. The van der Waals surface area contributed by atoms with E-state index in [0.717, 1.165) is 36.7 Å². The predicted molar refractivity (Wildman–Crippen MR) is 124 cm³/mol. The lowest BCUT2D eigenvalue weighted by atomic mass is 9.96. The molecule has 2 aromatic carbocycles. The summed E-state index contributed by atoms with van der Waals surface area (Å²) in [5.41, 5.74) is 0. The van der Waals surface area contributed by atoms with Crippen LogP contribution in [0.5, 0.6) is 0 Å². The minimum atomic E-state index is -5.08. The van der Waals surface area contributed by atoms with Crippen molar-refractivity contribution in [1.29, 1.82) is 0 Å². The molecule has 2 aliphatic rings. The van der Waals surface area contributed by atoms with E-state index in [0.29, 0.717) is 31.2 Å². The highest BCUT2D eigenvalue weighted by Gasteiger charge is 2.38. The molecule has 2 fully saturated rings. The van der Waals surface area contributed by atoms with Gasteiger partial charge in [-0.1, -0.05) is 23.7 Å². The Balaban J connectivity index is 0.000000429. The first-order chi connectivity index (χ1) is 16.4. The van der Waals surface area contributed by atoms with Crippen molar-refractivity contribution in [2.24, 2.45) is 5.92 Å².